The number of fused-ring (bicyclic) bond motifs is 1. The molecule has 0 heterocycles. The minimum Gasteiger partial charge on any atom is -0.295 e. The van der Waals surface area contributed by atoms with E-state index in [0.717, 1.165) is 17.5 Å². The number of Topliss-reactive ketones (excluding diaryl/α,β-unsaturated/α-hetero) is 1. The van der Waals surface area contributed by atoms with Crippen molar-refractivity contribution in [3.8, 4) is 0 Å². The Hall–Kier alpha value is -1.18. The van der Waals surface area contributed by atoms with Crippen LogP contribution in [0.1, 0.15) is 41.8 Å². The van der Waals surface area contributed by atoms with Crippen LogP contribution in [0, 0.1) is 0 Å². The van der Waals surface area contributed by atoms with Crippen LogP contribution in [0.15, 0.2) is 18.2 Å². The summed E-state index contributed by atoms with van der Waals surface area (Å²) in [6.07, 6.45) is 1.27. The molecule has 0 N–H and O–H groups in total. The number of ketones is 1. The summed E-state index contributed by atoms with van der Waals surface area (Å²) in [7, 11) is 0. The third-order valence-corrected chi connectivity index (χ3v) is 2.94. The van der Waals surface area contributed by atoms with Crippen LogP contribution in [0.25, 0.3) is 0 Å². The van der Waals surface area contributed by atoms with Crippen molar-refractivity contribution in [3.05, 3.63) is 34.9 Å². The molecule has 2 rings (SSSR count). The molecule has 2 heteroatoms. The molecular weight excluding hydrogens is 179 g/mol. The molecule has 1 aromatic rings. The maximum atomic E-state index is 13.9. The van der Waals surface area contributed by atoms with Gasteiger partial charge in [-0.1, -0.05) is 12.1 Å². The van der Waals surface area contributed by atoms with Crippen LogP contribution in [0.3, 0.4) is 0 Å². The fraction of sp³-hybridized carbons (Fsp3) is 0.417. The maximum Gasteiger partial charge on any atom is 0.159 e. The molecule has 74 valence electrons. The van der Waals surface area contributed by atoms with Crippen molar-refractivity contribution in [2.75, 3.05) is 0 Å². The Bertz CT molecular complexity index is 393. The van der Waals surface area contributed by atoms with Gasteiger partial charge in [0.25, 0.3) is 0 Å². The van der Waals surface area contributed by atoms with E-state index in [-0.39, 0.29) is 5.78 Å². The van der Waals surface area contributed by atoms with Gasteiger partial charge in [0, 0.05) is 5.56 Å². The zero-order valence-electron chi connectivity index (χ0n) is 8.43. The maximum absolute atomic E-state index is 13.9. The number of rotatable bonds is 1. The van der Waals surface area contributed by atoms with Gasteiger partial charge in [0.2, 0.25) is 0 Å². The number of hydrogen-bond acceptors (Lipinski definition) is 1. The molecule has 0 bridgehead atoms. The first-order valence-electron chi connectivity index (χ1n) is 4.84. The Morgan fingerprint density at radius 2 is 2.21 bits per heavy atom. The van der Waals surface area contributed by atoms with E-state index >= 15 is 0 Å². The Labute approximate surface area is 82.9 Å². The summed E-state index contributed by atoms with van der Waals surface area (Å²) in [6.45, 7) is 3.14. The van der Waals surface area contributed by atoms with E-state index in [2.05, 4.69) is 0 Å². The van der Waals surface area contributed by atoms with Crippen LogP contribution in [-0.2, 0) is 12.1 Å². The number of aryl methyl sites for hydroxylation is 1. The summed E-state index contributed by atoms with van der Waals surface area (Å²) in [6, 6.07) is 5.28. The molecular formula is C12H13FO. The van der Waals surface area contributed by atoms with Crippen molar-refractivity contribution in [2.24, 2.45) is 0 Å². The summed E-state index contributed by atoms with van der Waals surface area (Å²) in [5.74, 6) is 0.0419. The SMILES string of the molecule is CC(=O)c1ccc2c(c1)CCC2(C)F. The summed E-state index contributed by atoms with van der Waals surface area (Å²) >= 11 is 0. The van der Waals surface area contributed by atoms with Crippen LogP contribution in [0.5, 0.6) is 0 Å². The Morgan fingerprint density at radius 3 is 2.86 bits per heavy atom. The number of hydrogen-bond donors (Lipinski definition) is 0. The number of alkyl halides is 1. The first-order valence-corrected chi connectivity index (χ1v) is 4.84. The summed E-state index contributed by atoms with van der Waals surface area (Å²) in [5, 5.41) is 0. The van der Waals surface area contributed by atoms with Gasteiger partial charge in [0.15, 0.2) is 5.78 Å². The molecule has 1 aliphatic carbocycles. The lowest BCUT2D eigenvalue weighted by Crippen LogP contribution is -2.09. The second-order valence-electron chi connectivity index (χ2n) is 4.13. The van der Waals surface area contributed by atoms with Gasteiger partial charge in [-0.3, -0.25) is 4.79 Å². The van der Waals surface area contributed by atoms with Crippen LogP contribution in [0.2, 0.25) is 0 Å². The number of carbonyl (C=O) groups excluding carboxylic acids is 1. The Balaban J connectivity index is 2.49. The highest BCUT2D eigenvalue weighted by Crippen LogP contribution is 2.39. The van der Waals surface area contributed by atoms with Gasteiger partial charge in [0.1, 0.15) is 5.67 Å². The molecule has 0 radical (unpaired) electrons. The first kappa shape index (κ1) is 9.38. The second kappa shape index (κ2) is 2.91. The highest BCUT2D eigenvalue weighted by molar-refractivity contribution is 5.94. The van der Waals surface area contributed by atoms with Gasteiger partial charge in [0.05, 0.1) is 0 Å². The lowest BCUT2D eigenvalue weighted by Gasteiger charge is -2.13. The van der Waals surface area contributed by atoms with E-state index in [1.54, 1.807) is 19.1 Å². The van der Waals surface area contributed by atoms with Crippen molar-refractivity contribution in [2.45, 2.75) is 32.4 Å². The average molecular weight is 192 g/mol. The number of carbonyl (C=O) groups is 1. The van der Waals surface area contributed by atoms with Gasteiger partial charge in [-0.15, -0.1) is 0 Å². The van der Waals surface area contributed by atoms with E-state index in [1.807, 2.05) is 6.07 Å². The lowest BCUT2D eigenvalue weighted by atomic mass is 9.98. The predicted octanol–water partition coefficient (Wildman–Crippen LogP) is 3.02. The zero-order valence-corrected chi connectivity index (χ0v) is 8.43. The minimum atomic E-state index is -1.20. The zero-order chi connectivity index (χ0) is 10.3. The predicted molar refractivity (Wildman–Crippen MR) is 53.2 cm³/mol. The second-order valence-corrected chi connectivity index (χ2v) is 4.13. The minimum absolute atomic E-state index is 0.0419. The van der Waals surface area contributed by atoms with E-state index in [1.165, 1.54) is 6.92 Å². The molecule has 0 amide bonds. The van der Waals surface area contributed by atoms with E-state index in [9.17, 15) is 9.18 Å². The molecule has 1 aliphatic rings. The van der Waals surface area contributed by atoms with E-state index in [0.29, 0.717) is 12.0 Å². The molecule has 0 saturated carbocycles. The normalized spacial score (nSPS) is 24.8. The quantitative estimate of drug-likeness (QED) is 0.625. The fourth-order valence-corrected chi connectivity index (χ4v) is 2.03. The van der Waals surface area contributed by atoms with Crippen molar-refractivity contribution in [1.29, 1.82) is 0 Å². The standard InChI is InChI=1S/C12H13FO/c1-8(14)9-3-4-11-10(7-9)5-6-12(11,2)13/h3-4,7H,5-6H2,1-2H3. The number of halogens is 1. The highest BCUT2D eigenvalue weighted by atomic mass is 19.1. The van der Waals surface area contributed by atoms with Gasteiger partial charge in [-0.25, -0.2) is 4.39 Å². The molecule has 0 aliphatic heterocycles. The molecule has 0 spiro atoms. The first-order chi connectivity index (χ1) is 6.50. The van der Waals surface area contributed by atoms with Crippen molar-refractivity contribution >= 4 is 5.78 Å². The topological polar surface area (TPSA) is 17.1 Å². The van der Waals surface area contributed by atoms with Gasteiger partial charge in [-0.2, -0.15) is 0 Å². The Kier molecular flexibility index (Phi) is 1.95. The van der Waals surface area contributed by atoms with E-state index in [4.69, 9.17) is 0 Å². The molecule has 1 aromatic carbocycles. The molecule has 1 unspecified atom stereocenters. The van der Waals surface area contributed by atoms with Crippen LogP contribution in [0.4, 0.5) is 4.39 Å². The summed E-state index contributed by atoms with van der Waals surface area (Å²) in [4.78, 5) is 11.1. The Morgan fingerprint density at radius 1 is 1.50 bits per heavy atom. The largest absolute Gasteiger partial charge is 0.295 e. The van der Waals surface area contributed by atoms with Gasteiger partial charge in [-0.05, 0) is 43.9 Å². The molecule has 1 nitrogen and oxygen atoms in total. The third-order valence-electron chi connectivity index (χ3n) is 2.94. The molecule has 0 saturated heterocycles. The summed E-state index contributed by atoms with van der Waals surface area (Å²) in [5.41, 5.74) is 1.22. The van der Waals surface area contributed by atoms with Crippen LogP contribution < -0.4 is 0 Å². The van der Waals surface area contributed by atoms with Crippen molar-refractivity contribution < 1.29 is 9.18 Å². The monoisotopic (exact) mass is 192 g/mol. The number of benzene rings is 1. The average Bonchev–Trinajstić information content (AvgIpc) is 2.42. The molecule has 0 aromatic heterocycles. The van der Waals surface area contributed by atoms with Crippen LogP contribution in [-0.4, -0.2) is 5.78 Å². The molecule has 1 atom stereocenters. The highest BCUT2D eigenvalue weighted by Gasteiger charge is 2.34. The van der Waals surface area contributed by atoms with Crippen molar-refractivity contribution in [1.82, 2.24) is 0 Å². The van der Waals surface area contributed by atoms with E-state index < -0.39 is 5.67 Å². The third kappa shape index (κ3) is 1.35. The smallest absolute Gasteiger partial charge is 0.159 e. The van der Waals surface area contributed by atoms with Crippen LogP contribution >= 0.6 is 0 Å². The summed E-state index contributed by atoms with van der Waals surface area (Å²) < 4.78 is 13.9. The van der Waals surface area contributed by atoms with Crippen molar-refractivity contribution in [3.63, 3.8) is 0 Å². The lowest BCUT2D eigenvalue weighted by molar-refractivity contribution is 0.101. The fourth-order valence-electron chi connectivity index (χ4n) is 2.03. The van der Waals surface area contributed by atoms with Gasteiger partial charge < -0.3 is 0 Å². The molecule has 0 fully saturated rings. The molecule has 14 heavy (non-hydrogen) atoms. The van der Waals surface area contributed by atoms with Gasteiger partial charge >= 0.3 is 0 Å².